The van der Waals surface area contributed by atoms with Crippen molar-refractivity contribution in [3.63, 3.8) is 0 Å². The maximum atomic E-state index is 6.19. The Bertz CT molecular complexity index is 712. The van der Waals surface area contributed by atoms with Gasteiger partial charge in [-0.15, -0.1) is 11.3 Å². The number of aromatic amines is 1. The zero-order valence-electron chi connectivity index (χ0n) is 9.76. The standard InChI is InChI=1S/C14H11Cl2NS/c1-2-9-3-4-14(18-9)13-7-10-11(16)5-8(15)6-12(10)17-13/h3-7,17H,2H2,1H3. The summed E-state index contributed by atoms with van der Waals surface area (Å²) in [5, 5.41) is 2.36. The summed E-state index contributed by atoms with van der Waals surface area (Å²) in [7, 11) is 0. The Kier molecular flexibility index (Phi) is 3.10. The van der Waals surface area contributed by atoms with E-state index in [9.17, 15) is 0 Å². The number of rotatable bonds is 2. The van der Waals surface area contributed by atoms with Gasteiger partial charge >= 0.3 is 0 Å². The van der Waals surface area contributed by atoms with Crippen molar-refractivity contribution >= 4 is 45.4 Å². The van der Waals surface area contributed by atoms with Crippen LogP contribution in [0.5, 0.6) is 0 Å². The van der Waals surface area contributed by atoms with E-state index < -0.39 is 0 Å². The molecular formula is C14H11Cl2NS. The predicted octanol–water partition coefficient (Wildman–Crippen LogP) is 5.77. The number of halogens is 2. The van der Waals surface area contributed by atoms with Crippen LogP contribution in [0.4, 0.5) is 0 Å². The molecule has 0 saturated carbocycles. The molecule has 0 aliphatic heterocycles. The molecule has 0 spiro atoms. The third-order valence-electron chi connectivity index (χ3n) is 2.93. The second kappa shape index (κ2) is 4.61. The van der Waals surface area contributed by atoms with E-state index in [0.717, 1.165) is 23.0 Å². The summed E-state index contributed by atoms with van der Waals surface area (Å²) in [5.41, 5.74) is 2.08. The van der Waals surface area contributed by atoms with Crippen LogP contribution in [-0.2, 0) is 6.42 Å². The van der Waals surface area contributed by atoms with E-state index in [0.29, 0.717) is 10.0 Å². The van der Waals surface area contributed by atoms with Crippen LogP contribution in [0.15, 0.2) is 30.3 Å². The lowest BCUT2D eigenvalue weighted by Gasteiger charge is -1.94. The highest BCUT2D eigenvalue weighted by Crippen LogP contribution is 2.34. The molecule has 0 fully saturated rings. The largest absolute Gasteiger partial charge is 0.354 e. The molecule has 0 atom stereocenters. The van der Waals surface area contributed by atoms with E-state index in [4.69, 9.17) is 23.2 Å². The highest BCUT2D eigenvalue weighted by Gasteiger charge is 2.09. The number of aryl methyl sites for hydroxylation is 1. The first-order valence-corrected chi connectivity index (χ1v) is 7.31. The van der Waals surface area contributed by atoms with Crippen molar-refractivity contribution in [1.82, 2.24) is 4.98 Å². The Hall–Kier alpha value is -0.960. The number of hydrogen-bond donors (Lipinski definition) is 1. The lowest BCUT2D eigenvalue weighted by Crippen LogP contribution is -1.71. The highest BCUT2D eigenvalue weighted by atomic mass is 35.5. The molecule has 18 heavy (non-hydrogen) atoms. The molecule has 0 amide bonds. The van der Waals surface area contributed by atoms with Gasteiger partial charge in [-0.2, -0.15) is 0 Å². The average molecular weight is 296 g/mol. The molecule has 2 aromatic heterocycles. The fourth-order valence-electron chi connectivity index (χ4n) is 2.01. The average Bonchev–Trinajstić information content (AvgIpc) is 2.93. The summed E-state index contributed by atoms with van der Waals surface area (Å²) in [6, 6.07) is 10.1. The monoisotopic (exact) mass is 295 g/mol. The van der Waals surface area contributed by atoms with E-state index in [-0.39, 0.29) is 0 Å². The van der Waals surface area contributed by atoms with Crippen LogP contribution in [0.3, 0.4) is 0 Å². The van der Waals surface area contributed by atoms with E-state index in [2.05, 4.69) is 30.1 Å². The third-order valence-corrected chi connectivity index (χ3v) is 4.72. The van der Waals surface area contributed by atoms with Crippen molar-refractivity contribution in [3.8, 4) is 10.6 Å². The maximum Gasteiger partial charge on any atom is 0.0566 e. The number of fused-ring (bicyclic) bond motifs is 1. The topological polar surface area (TPSA) is 15.8 Å². The molecular weight excluding hydrogens is 285 g/mol. The van der Waals surface area contributed by atoms with Crippen molar-refractivity contribution in [1.29, 1.82) is 0 Å². The van der Waals surface area contributed by atoms with Crippen molar-refractivity contribution < 1.29 is 0 Å². The minimum atomic E-state index is 0.654. The number of aromatic nitrogens is 1. The van der Waals surface area contributed by atoms with Gasteiger partial charge in [0.2, 0.25) is 0 Å². The van der Waals surface area contributed by atoms with Gasteiger partial charge in [0.05, 0.1) is 15.6 Å². The fraction of sp³-hybridized carbons (Fsp3) is 0.143. The summed E-state index contributed by atoms with van der Waals surface area (Å²) in [6.45, 7) is 2.16. The molecule has 92 valence electrons. The lowest BCUT2D eigenvalue weighted by molar-refractivity contribution is 1.19. The minimum absolute atomic E-state index is 0.654. The summed E-state index contributed by atoms with van der Waals surface area (Å²) >= 11 is 14.0. The van der Waals surface area contributed by atoms with Crippen LogP contribution < -0.4 is 0 Å². The van der Waals surface area contributed by atoms with Crippen LogP contribution in [0.1, 0.15) is 11.8 Å². The molecule has 2 heterocycles. The second-order valence-electron chi connectivity index (χ2n) is 4.15. The van der Waals surface area contributed by atoms with Crippen LogP contribution in [-0.4, -0.2) is 4.98 Å². The zero-order valence-corrected chi connectivity index (χ0v) is 12.1. The quantitative estimate of drug-likeness (QED) is 0.618. The third kappa shape index (κ3) is 2.05. The van der Waals surface area contributed by atoms with Crippen LogP contribution >= 0.6 is 34.5 Å². The van der Waals surface area contributed by atoms with Crippen molar-refractivity contribution in [3.05, 3.63) is 45.3 Å². The molecule has 3 aromatic rings. The van der Waals surface area contributed by atoms with E-state index in [1.54, 1.807) is 17.4 Å². The van der Waals surface area contributed by atoms with Crippen LogP contribution in [0, 0.1) is 0 Å². The van der Waals surface area contributed by atoms with Crippen molar-refractivity contribution in [2.24, 2.45) is 0 Å². The number of H-pyrrole nitrogens is 1. The summed E-state index contributed by atoms with van der Waals surface area (Å²) < 4.78 is 0. The smallest absolute Gasteiger partial charge is 0.0566 e. The zero-order chi connectivity index (χ0) is 12.7. The van der Waals surface area contributed by atoms with Gasteiger partial charge in [-0.3, -0.25) is 0 Å². The summed E-state index contributed by atoms with van der Waals surface area (Å²) in [5.74, 6) is 0. The van der Waals surface area contributed by atoms with Gasteiger partial charge < -0.3 is 4.98 Å². The van der Waals surface area contributed by atoms with Gasteiger partial charge in [-0.1, -0.05) is 30.1 Å². The Morgan fingerprint density at radius 3 is 2.72 bits per heavy atom. The van der Waals surface area contributed by atoms with Crippen molar-refractivity contribution in [2.75, 3.05) is 0 Å². The lowest BCUT2D eigenvalue weighted by atomic mass is 10.2. The molecule has 1 N–H and O–H groups in total. The SMILES string of the molecule is CCc1ccc(-c2cc3c(Cl)cc(Cl)cc3[nH]2)s1. The molecule has 0 radical (unpaired) electrons. The molecule has 0 saturated heterocycles. The van der Waals surface area contributed by atoms with Gasteiger partial charge in [0.15, 0.2) is 0 Å². The molecule has 1 aromatic carbocycles. The summed E-state index contributed by atoms with van der Waals surface area (Å²) in [6.07, 6.45) is 1.07. The number of nitrogens with one attached hydrogen (secondary N) is 1. The molecule has 3 rings (SSSR count). The van der Waals surface area contributed by atoms with E-state index in [1.807, 2.05) is 6.07 Å². The molecule has 4 heteroatoms. The Morgan fingerprint density at radius 2 is 2.00 bits per heavy atom. The second-order valence-corrected chi connectivity index (χ2v) is 6.16. The fourth-order valence-corrected chi connectivity index (χ4v) is 3.47. The molecule has 0 unspecified atom stereocenters. The first-order valence-electron chi connectivity index (χ1n) is 5.74. The van der Waals surface area contributed by atoms with Gasteiger partial charge in [0, 0.05) is 20.8 Å². The molecule has 0 bridgehead atoms. The predicted molar refractivity (Wildman–Crippen MR) is 81.0 cm³/mol. The van der Waals surface area contributed by atoms with Gasteiger partial charge in [0.25, 0.3) is 0 Å². The number of benzene rings is 1. The van der Waals surface area contributed by atoms with E-state index in [1.165, 1.54) is 9.75 Å². The molecule has 0 aliphatic rings. The number of thiophene rings is 1. The normalized spacial score (nSPS) is 11.3. The van der Waals surface area contributed by atoms with E-state index >= 15 is 0 Å². The van der Waals surface area contributed by atoms with Gasteiger partial charge in [-0.05, 0) is 36.8 Å². The Labute approximate surface area is 119 Å². The highest BCUT2D eigenvalue weighted by molar-refractivity contribution is 7.15. The Balaban J connectivity index is 2.16. The summed E-state index contributed by atoms with van der Waals surface area (Å²) in [4.78, 5) is 5.99. The van der Waals surface area contributed by atoms with Gasteiger partial charge in [-0.25, -0.2) is 0 Å². The van der Waals surface area contributed by atoms with Gasteiger partial charge in [0.1, 0.15) is 0 Å². The molecule has 0 aliphatic carbocycles. The first kappa shape index (κ1) is 12.1. The molecule has 1 nitrogen and oxygen atoms in total. The Morgan fingerprint density at radius 1 is 1.17 bits per heavy atom. The maximum absolute atomic E-state index is 6.19. The van der Waals surface area contributed by atoms with Crippen molar-refractivity contribution in [2.45, 2.75) is 13.3 Å². The van der Waals surface area contributed by atoms with Crippen LogP contribution in [0.25, 0.3) is 21.5 Å². The minimum Gasteiger partial charge on any atom is -0.354 e. The van der Waals surface area contributed by atoms with Crippen LogP contribution in [0.2, 0.25) is 10.0 Å². The number of hydrogen-bond acceptors (Lipinski definition) is 1. The first-order chi connectivity index (χ1) is 8.67.